The molecule has 2 aromatic heterocycles. The van der Waals surface area contributed by atoms with Gasteiger partial charge in [-0.25, -0.2) is 4.98 Å². The van der Waals surface area contributed by atoms with Gasteiger partial charge in [0, 0.05) is 24.8 Å². The van der Waals surface area contributed by atoms with Crippen molar-refractivity contribution in [1.82, 2.24) is 19.9 Å². The lowest BCUT2D eigenvalue weighted by molar-refractivity contribution is -0.125. The second-order valence-corrected chi connectivity index (χ2v) is 10.1. The highest BCUT2D eigenvalue weighted by Crippen LogP contribution is 2.29. The number of fused-ring (bicyclic) bond motifs is 1. The highest BCUT2D eigenvalue weighted by Gasteiger charge is 2.28. The molecule has 1 saturated heterocycles. The minimum atomic E-state index is -0.300. The molecule has 3 aromatic rings. The first-order valence-corrected chi connectivity index (χ1v) is 12.3. The maximum absolute atomic E-state index is 13.0. The summed E-state index contributed by atoms with van der Waals surface area (Å²) in [6, 6.07) is 5.79. The third-order valence-electron chi connectivity index (χ3n) is 5.97. The lowest BCUT2D eigenvalue weighted by Crippen LogP contribution is -2.44. The number of nitrogens with zero attached hydrogens (tertiary/aromatic N) is 4. The van der Waals surface area contributed by atoms with Crippen molar-refractivity contribution in [2.45, 2.75) is 53.1 Å². The molecule has 0 aliphatic carbocycles. The van der Waals surface area contributed by atoms with E-state index in [1.807, 2.05) is 45.9 Å². The number of hydrogen-bond donors (Lipinski definition) is 2. The zero-order chi connectivity index (χ0) is 24.4. The van der Waals surface area contributed by atoms with Crippen molar-refractivity contribution in [3.8, 4) is 0 Å². The zero-order valence-corrected chi connectivity index (χ0v) is 20.7. The van der Waals surface area contributed by atoms with Gasteiger partial charge in [-0.05, 0) is 63.8 Å². The van der Waals surface area contributed by atoms with Crippen LogP contribution in [-0.2, 0) is 16.1 Å². The Morgan fingerprint density at radius 2 is 2.03 bits per heavy atom. The molecule has 10 heteroatoms. The van der Waals surface area contributed by atoms with Crippen molar-refractivity contribution in [2.24, 2.45) is 5.92 Å². The Labute approximate surface area is 202 Å². The fourth-order valence-corrected chi connectivity index (χ4v) is 5.03. The zero-order valence-electron chi connectivity index (χ0n) is 19.9. The fourth-order valence-electron chi connectivity index (χ4n) is 4.02. The SMILES string of the molecule is Cc1ccc(NC(=O)Cn2cnc3nc(N4CCC[C@@H](C(=O)NC(C)C)C4)sc3c2=O)cc1C. The Balaban J connectivity index is 1.49. The average Bonchev–Trinajstić information content (AvgIpc) is 3.23. The molecule has 1 aliphatic heterocycles. The first kappa shape index (κ1) is 23.9. The highest BCUT2D eigenvalue weighted by atomic mass is 32.1. The minimum absolute atomic E-state index is 0.0519. The van der Waals surface area contributed by atoms with E-state index < -0.39 is 0 Å². The second kappa shape index (κ2) is 9.92. The molecule has 2 amide bonds. The standard InChI is InChI=1S/C24H30N6O3S/c1-14(2)26-22(32)17-6-5-9-29(11-17)24-28-21-20(34-24)23(33)30(13-25-21)12-19(31)27-18-8-7-15(3)16(4)10-18/h7-8,10,13-14,17H,5-6,9,11-12H2,1-4H3,(H,26,32)(H,27,31)/t17-/m1/s1. The van der Waals surface area contributed by atoms with Gasteiger partial charge in [-0.2, -0.15) is 4.98 Å². The summed E-state index contributed by atoms with van der Waals surface area (Å²) in [4.78, 5) is 49.0. The van der Waals surface area contributed by atoms with E-state index in [-0.39, 0.29) is 35.9 Å². The quantitative estimate of drug-likeness (QED) is 0.559. The van der Waals surface area contributed by atoms with Gasteiger partial charge in [-0.3, -0.25) is 19.0 Å². The van der Waals surface area contributed by atoms with Crippen LogP contribution in [0.3, 0.4) is 0 Å². The number of thiazole rings is 1. The van der Waals surface area contributed by atoms with Crippen molar-refractivity contribution in [1.29, 1.82) is 0 Å². The van der Waals surface area contributed by atoms with Crippen molar-refractivity contribution >= 4 is 44.3 Å². The average molecular weight is 483 g/mol. The van der Waals surface area contributed by atoms with Gasteiger partial charge in [-0.15, -0.1) is 0 Å². The number of carbonyl (C=O) groups excluding carboxylic acids is 2. The lowest BCUT2D eigenvalue weighted by Gasteiger charge is -2.32. The topological polar surface area (TPSA) is 109 Å². The van der Waals surface area contributed by atoms with Gasteiger partial charge in [0.15, 0.2) is 10.8 Å². The minimum Gasteiger partial charge on any atom is -0.354 e. The van der Waals surface area contributed by atoms with Crippen LogP contribution in [0.15, 0.2) is 29.3 Å². The number of piperidine rings is 1. The molecule has 9 nitrogen and oxygen atoms in total. The second-order valence-electron chi connectivity index (χ2n) is 9.12. The van der Waals surface area contributed by atoms with Crippen LogP contribution in [0.25, 0.3) is 10.3 Å². The number of rotatable bonds is 6. The van der Waals surface area contributed by atoms with Crippen LogP contribution in [0.2, 0.25) is 0 Å². The molecule has 180 valence electrons. The molecule has 1 aromatic carbocycles. The van der Waals surface area contributed by atoms with E-state index in [0.29, 0.717) is 27.7 Å². The fraction of sp³-hybridized carbons (Fsp3) is 0.458. The van der Waals surface area contributed by atoms with Gasteiger partial charge in [0.25, 0.3) is 5.56 Å². The van der Waals surface area contributed by atoms with E-state index in [1.165, 1.54) is 22.2 Å². The molecule has 2 N–H and O–H groups in total. The molecule has 3 heterocycles. The van der Waals surface area contributed by atoms with Crippen LogP contribution in [0, 0.1) is 19.8 Å². The van der Waals surface area contributed by atoms with Crippen molar-refractivity contribution in [3.05, 3.63) is 46.0 Å². The first-order valence-electron chi connectivity index (χ1n) is 11.5. The van der Waals surface area contributed by atoms with Gasteiger partial charge in [-0.1, -0.05) is 17.4 Å². The van der Waals surface area contributed by atoms with Gasteiger partial charge in [0.05, 0.1) is 5.92 Å². The summed E-state index contributed by atoms with van der Waals surface area (Å²) in [7, 11) is 0. The van der Waals surface area contributed by atoms with Crippen molar-refractivity contribution in [3.63, 3.8) is 0 Å². The maximum atomic E-state index is 13.0. The van der Waals surface area contributed by atoms with Crippen LogP contribution in [0.1, 0.15) is 37.8 Å². The molecular weight excluding hydrogens is 452 g/mol. The summed E-state index contributed by atoms with van der Waals surface area (Å²) in [6.45, 7) is 9.09. The lowest BCUT2D eigenvalue weighted by atomic mass is 9.97. The van der Waals surface area contributed by atoms with Crippen LogP contribution >= 0.6 is 11.3 Å². The molecule has 1 fully saturated rings. The van der Waals surface area contributed by atoms with Crippen molar-refractivity contribution in [2.75, 3.05) is 23.3 Å². The smallest absolute Gasteiger partial charge is 0.273 e. The van der Waals surface area contributed by atoms with Crippen LogP contribution in [0.4, 0.5) is 10.8 Å². The molecule has 0 unspecified atom stereocenters. The summed E-state index contributed by atoms with van der Waals surface area (Å²) in [6.07, 6.45) is 3.08. The molecule has 0 radical (unpaired) electrons. The van der Waals surface area contributed by atoms with E-state index in [0.717, 1.165) is 30.5 Å². The van der Waals surface area contributed by atoms with E-state index in [9.17, 15) is 14.4 Å². The molecule has 34 heavy (non-hydrogen) atoms. The normalized spacial score (nSPS) is 16.1. The summed E-state index contributed by atoms with van der Waals surface area (Å²) in [5.74, 6) is -0.357. The van der Waals surface area contributed by atoms with E-state index in [1.54, 1.807) is 0 Å². The number of anilines is 2. The molecule has 1 aliphatic rings. The number of amides is 2. The first-order chi connectivity index (χ1) is 16.2. The van der Waals surface area contributed by atoms with Crippen molar-refractivity contribution < 1.29 is 9.59 Å². The summed E-state index contributed by atoms with van der Waals surface area (Å²) < 4.78 is 1.71. The van der Waals surface area contributed by atoms with Crippen LogP contribution < -0.4 is 21.1 Å². The largest absolute Gasteiger partial charge is 0.354 e. The number of benzene rings is 1. The molecule has 1 atom stereocenters. The maximum Gasteiger partial charge on any atom is 0.273 e. The number of carbonyl (C=O) groups is 2. The van der Waals surface area contributed by atoms with E-state index in [2.05, 4.69) is 25.5 Å². The third-order valence-corrected chi connectivity index (χ3v) is 7.06. The number of nitrogens with one attached hydrogen (secondary N) is 2. The van der Waals surface area contributed by atoms with Gasteiger partial charge in [0.2, 0.25) is 11.8 Å². The summed E-state index contributed by atoms with van der Waals surface area (Å²) in [5.41, 5.74) is 2.98. The van der Waals surface area contributed by atoms with E-state index >= 15 is 0 Å². The number of aryl methyl sites for hydroxylation is 2. The molecule has 0 saturated carbocycles. The van der Waals surface area contributed by atoms with Gasteiger partial charge >= 0.3 is 0 Å². The van der Waals surface area contributed by atoms with Gasteiger partial charge in [0.1, 0.15) is 17.6 Å². The number of aromatic nitrogens is 3. The Hall–Kier alpha value is -3.27. The number of hydrogen-bond acceptors (Lipinski definition) is 7. The Morgan fingerprint density at radius 3 is 2.76 bits per heavy atom. The highest BCUT2D eigenvalue weighted by molar-refractivity contribution is 7.22. The monoisotopic (exact) mass is 482 g/mol. The predicted octanol–water partition coefficient (Wildman–Crippen LogP) is 2.85. The Bertz CT molecular complexity index is 1280. The Kier molecular flexibility index (Phi) is 6.97. The summed E-state index contributed by atoms with van der Waals surface area (Å²) >= 11 is 1.26. The predicted molar refractivity (Wildman–Crippen MR) is 134 cm³/mol. The van der Waals surface area contributed by atoms with E-state index in [4.69, 9.17) is 0 Å². The molecule has 0 spiro atoms. The molecule has 0 bridgehead atoms. The molecule has 4 rings (SSSR count). The summed E-state index contributed by atoms with van der Waals surface area (Å²) in [5, 5.41) is 6.50. The van der Waals surface area contributed by atoms with Crippen LogP contribution in [-0.4, -0.2) is 45.5 Å². The molecular formula is C24H30N6O3S. The third kappa shape index (κ3) is 5.27. The van der Waals surface area contributed by atoms with Gasteiger partial charge < -0.3 is 15.5 Å². The van der Waals surface area contributed by atoms with Crippen LogP contribution in [0.5, 0.6) is 0 Å². The Morgan fingerprint density at radius 1 is 1.24 bits per heavy atom.